The highest BCUT2D eigenvalue weighted by atomic mass is 16.3. The van der Waals surface area contributed by atoms with Crippen molar-refractivity contribution < 1.29 is 15.0 Å². The van der Waals surface area contributed by atoms with Crippen LogP contribution < -0.4 is 0 Å². The van der Waals surface area contributed by atoms with E-state index in [2.05, 4.69) is 0 Å². The van der Waals surface area contributed by atoms with Gasteiger partial charge < -0.3 is 15.0 Å². The summed E-state index contributed by atoms with van der Waals surface area (Å²) in [5.74, 6) is 0. The van der Waals surface area contributed by atoms with Crippen molar-refractivity contribution in [3.8, 4) is 0 Å². The number of aliphatic hydroxyl groups excluding tert-OH is 1. The van der Waals surface area contributed by atoms with Gasteiger partial charge in [-0.2, -0.15) is 0 Å². The molecule has 1 rings (SSSR count). The smallest absolute Gasteiger partial charge is 0.123 e. The maximum atomic E-state index is 10.00. The molecule has 0 heterocycles. The molecule has 0 aromatic carbocycles. The molecule has 3 heteroatoms. The van der Waals surface area contributed by atoms with Gasteiger partial charge in [0.05, 0.1) is 11.7 Å². The van der Waals surface area contributed by atoms with E-state index in [0.717, 1.165) is 0 Å². The summed E-state index contributed by atoms with van der Waals surface area (Å²) in [6, 6.07) is 0. The summed E-state index contributed by atoms with van der Waals surface area (Å²) in [5, 5.41) is 18.3. The van der Waals surface area contributed by atoms with Gasteiger partial charge in [-0.1, -0.05) is 12.2 Å². The van der Waals surface area contributed by atoms with Crippen molar-refractivity contribution in [3.63, 3.8) is 0 Å². The van der Waals surface area contributed by atoms with E-state index in [9.17, 15) is 9.90 Å². The topological polar surface area (TPSA) is 57.5 Å². The molecule has 0 fully saturated rings. The minimum absolute atomic E-state index is 0.0700. The predicted molar refractivity (Wildman–Crippen MR) is 35.4 cm³/mol. The van der Waals surface area contributed by atoms with Gasteiger partial charge in [0, 0.05) is 12.8 Å². The third-order valence-electron chi connectivity index (χ3n) is 1.63. The molecule has 0 aliphatic heterocycles. The number of carbonyl (C=O) groups excluding carboxylic acids is 1. The van der Waals surface area contributed by atoms with Crippen molar-refractivity contribution in [1.29, 1.82) is 0 Å². The molecule has 1 unspecified atom stereocenters. The predicted octanol–water partition coefficient (Wildman–Crippen LogP) is -0.373. The highest BCUT2D eigenvalue weighted by molar-refractivity contribution is 5.52. The first-order valence-corrected chi connectivity index (χ1v) is 3.20. The van der Waals surface area contributed by atoms with Crippen molar-refractivity contribution in [2.45, 2.75) is 24.5 Å². The maximum Gasteiger partial charge on any atom is 0.123 e. The first kappa shape index (κ1) is 7.44. The second-order valence-corrected chi connectivity index (χ2v) is 2.60. The lowest BCUT2D eigenvalue weighted by atomic mass is 10.00. The number of hydrogen-bond donors (Lipinski definition) is 2. The van der Waals surface area contributed by atoms with E-state index in [-0.39, 0.29) is 12.8 Å². The second-order valence-electron chi connectivity index (χ2n) is 2.60. The molecule has 0 aromatic rings. The van der Waals surface area contributed by atoms with Crippen LogP contribution in [-0.2, 0) is 4.79 Å². The third kappa shape index (κ3) is 1.43. The molecule has 1 aliphatic carbocycles. The molecule has 10 heavy (non-hydrogen) atoms. The summed E-state index contributed by atoms with van der Waals surface area (Å²) in [4.78, 5) is 10.00. The average molecular weight is 142 g/mol. The Morgan fingerprint density at radius 2 is 2.50 bits per heavy atom. The van der Waals surface area contributed by atoms with Crippen molar-refractivity contribution in [3.05, 3.63) is 12.2 Å². The SMILES string of the molecule is O=CC[C@]1(O)C=CC(O)C1. The molecular weight excluding hydrogens is 132 g/mol. The van der Waals surface area contributed by atoms with Crippen LogP contribution in [-0.4, -0.2) is 28.2 Å². The van der Waals surface area contributed by atoms with E-state index >= 15 is 0 Å². The molecule has 0 spiro atoms. The van der Waals surface area contributed by atoms with E-state index in [4.69, 9.17) is 5.11 Å². The third-order valence-corrected chi connectivity index (χ3v) is 1.63. The molecule has 0 saturated carbocycles. The van der Waals surface area contributed by atoms with E-state index in [1.807, 2.05) is 0 Å². The van der Waals surface area contributed by atoms with Crippen molar-refractivity contribution in [2.75, 3.05) is 0 Å². The standard InChI is InChI=1S/C7H10O3/c8-4-3-7(10)2-1-6(9)5-7/h1-2,4,6,9-10H,3,5H2/t6?,7-/m1/s1. The average Bonchev–Trinajstić information content (AvgIpc) is 2.12. The Bertz CT molecular complexity index is 164. The van der Waals surface area contributed by atoms with Crippen molar-refractivity contribution in [1.82, 2.24) is 0 Å². The normalized spacial score (nSPS) is 38.4. The Kier molecular flexibility index (Phi) is 1.87. The number of hydrogen-bond acceptors (Lipinski definition) is 3. The molecule has 56 valence electrons. The summed E-state index contributed by atoms with van der Waals surface area (Å²) in [6.45, 7) is 0. The van der Waals surface area contributed by atoms with Gasteiger partial charge in [-0.05, 0) is 0 Å². The van der Waals surface area contributed by atoms with Gasteiger partial charge >= 0.3 is 0 Å². The van der Waals surface area contributed by atoms with Gasteiger partial charge in [-0.3, -0.25) is 0 Å². The lowest BCUT2D eigenvalue weighted by molar-refractivity contribution is -0.111. The lowest BCUT2D eigenvalue weighted by Crippen LogP contribution is -2.25. The van der Waals surface area contributed by atoms with Crippen LogP contribution in [0.25, 0.3) is 0 Å². The molecule has 2 N–H and O–H groups in total. The summed E-state index contributed by atoms with van der Waals surface area (Å²) in [6.07, 6.45) is 3.36. The second kappa shape index (κ2) is 2.52. The molecule has 0 radical (unpaired) electrons. The van der Waals surface area contributed by atoms with E-state index in [0.29, 0.717) is 6.29 Å². The highest BCUT2D eigenvalue weighted by Crippen LogP contribution is 2.24. The van der Waals surface area contributed by atoms with Crippen LogP contribution in [0.5, 0.6) is 0 Å². The molecule has 0 bridgehead atoms. The molecule has 0 aromatic heterocycles. The van der Waals surface area contributed by atoms with Gasteiger partial charge in [-0.15, -0.1) is 0 Å². The summed E-state index contributed by atoms with van der Waals surface area (Å²) < 4.78 is 0. The van der Waals surface area contributed by atoms with Gasteiger partial charge in [-0.25, -0.2) is 0 Å². The van der Waals surface area contributed by atoms with Crippen LogP contribution in [0.4, 0.5) is 0 Å². The minimum atomic E-state index is -1.08. The monoisotopic (exact) mass is 142 g/mol. The first-order chi connectivity index (χ1) is 4.66. The molecule has 3 nitrogen and oxygen atoms in total. The zero-order chi connectivity index (χ0) is 7.61. The quantitative estimate of drug-likeness (QED) is 0.408. The number of rotatable bonds is 2. The Hall–Kier alpha value is -0.670. The maximum absolute atomic E-state index is 10.00. The fourth-order valence-electron chi connectivity index (χ4n) is 1.08. The summed E-state index contributed by atoms with van der Waals surface area (Å²) in [7, 11) is 0. The largest absolute Gasteiger partial charge is 0.389 e. The molecule has 2 atom stereocenters. The minimum Gasteiger partial charge on any atom is -0.389 e. The zero-order valence-electron chi connectivity index (χ0n) is 5.53. The Balaban J connectivity index is 2.56. The van der Waals surface area contributed by atoms with Gasteiger partial charge in [0.2, 0.25) is 0 Å². The highest BCUT2D eigenvalue weighted by Gasteiger charge is 2.30. The van der Waals surface area contributed by atoms with Crippen molar-refractivity contribution >= 4 is 6.29 Å². The van der Waals surface area contributed by atoms with Gasteiger partial charge in [0.25, 0.3) is 0 Å². The Morgan fingerprint density at radius 1 is 1.80 bits per heavy atom. The molecule has 1 aliphatic rings. The van der Waals surface area contributed by atoms with Crippen LogP contribution in [0.15, 0.2) is 12.2 Å². The Labute approximate surface area is 59.0 Å². The molecule has 0 amide bonds. The van der Waals surface area contributed by atoms with Gasteiger partial charge in [0.15, 0.2) is 0 Å². The van der Waals surface area contributed by atoms with Crippen LogP contribution in [0, 0.1) is 0 Å². The van der Waals surface area contributed by atoms with E-state index in [1.54, 1.807) is 0 Å². The lowest BCUT2D eigenvalue weighted by Gasteiger charge is -2.16. The fraction of sp³-hybridized carbons (Fsp3) is 0.571. The number of carbonyl (C=O) groups is 1. The number of aldehydes is 1. The number of aliphatic hydroxyl groups is 2. The van der Waals surface area contributed by atoms with Crippen LogP contribution in [0.3, 0.4) is 0 Å². The fourth-order valence-corrected chi connectivity index (χ4v) is 1.08. The van der Waals surface area contributed by atoms with Gasteiger partial charge in [0.1, 0.15) is 6.29 Å². The first-order valence-electron chi connectivity index (χ1n) is 3.20. The molecule has 0 saturated heterocycles. The van der Waals surface area contributed by atoms with Crippen LogP contribution in [0.2, 0.25) is 0 Å². The van der Waals surface area contributed by atoms with Crippen LogP contribution in [0.1, 0.15) is 12.8 Å². The van der Waals surface area contributed by atoms with Crippen molar-refractivity contribution in [2.24, 2.45) is 0 Å². The van der Waals surface area contributed by atoms with E-state index < -0.39 is 11.7 Å². The van der Waals surface area contributed by atoms with E-state index in [1.165, 1.54) is 12.2 Å². The summed E-state index contributed by atoms with van der Waals surface area (Å²) >= 11 is 0. The Morgan fingerprint density at radius 3 is 2.90 bits per heavy atom. The summed E-state index contributed by atoms with van der Waals surface area (Å²) in [5.41, 5.74) is -1.08. The molecular formula is C7H10O3. The zero-order valence-corrected chi connectivity index (χ0v) is 5.53. The van der Waals surface area contributed by atoms with Crippen LogP contribution >= 0.6 is 0 Å².